The third-order valence-electron chi connectivity index (χ3n) is 5.32. The Hall–Kier alpha value is -3.53. The number of anilines is 3. The van der Waals surface area contributed by atoms with Crippen LogP contribution >= 0.6 is 11.3 Å². The molecule has 0 aliphatic carbocycles. The first-order valence-corrected chi connectivity index (χ1v) is 10.9. The Morgan fingerprint density at radius 1 is 1.03 bits per heavy atom. The van der Waals surface area contributed by atoms with Crippen molar-refractivity contribution in [1.29, 1.82) is 0 Å². The molecular weight excluding hydrogens is 414 g/mol. The number of piperazine rings is 1. The molecule has 1 fully saturated rings. The zero-order valence-corrected chi connectivity index (χ0v) is 17.8. The minimum atomic E-state index is 0.0789. The Morgan fingerprint density at radius 3 is 2.42 bits per heavy atom. The van der Waals surface area contributed by atoms with Crippen molar-refractivity contribution in [3.63, 3.8) is 0 Å². The minimum Gasteiger partial charge on any atom is -0.368 e. The van der Waals surface area contributed by atoms with Gasteiger partial charge in [-0.05, 0) is 52.9 Å². The van der Waals surface area contributed by atoms with E-state index in [2.05, 4.69) is 46.8 Å². The summed E-state index contributed by atoms with van der Waals surface area (Å²) in [5, 5.41) is 13.1. The summed E-state index contributed by atoms with van der Waals surface area (Å²) in [6, 6.07) is 11.9. The second-order valence-electron chi connectivity index (χ2n) is 7.32. The predicted octanol–water partition coefficient (Wildman–Crippen LogP) is 3.22. The third kappa shape index (κ3) is 4.06. The fourth-order valence-electron chi connectivity index (χ4n) is 3.64. The van der Waals surface area contributed by atoms with E-state index in [9.17, 15) is 4.79 Å². The Bertz CT molecular complexity index is 1180. The molecule has 0 radical (unpaired) electrons. The van der Waals surface area contributed by atoms with Gasteiger partial charge in [0, 0.05) is 42.3 Å². The van der Waals surface area contributed by atoms with Gasteiger partial charge in [-0.25, -0.2) is 14.6 Å². The predicted molar refractivity (Wildman–Crippen MR) is 120 cm³/mol. The van der Waals surface area contributed by atoms with Crippen molar-refractivity contribution in [3.8, 4) is 0 Å². The number of rotatable bonds is 6. The average molecular weight is 436 g/mol. The first-order valence-electron chi connectivity index (χ1n) is 10.0. The third-order valence-corrected chi connectivity index (χ3v) is 6.20. The van der Waals surface area contributed by atoms with E-state index in [4.69, 9.17) is 4.63 Å². The molecular formula is C21H21N7O2S. The number of aromatic nitrogens is 4. The maximum atomic E-state index is 11.5. The summed E-state index contributed by atoms with van der Waals surface area (Å²) >= 11 is 1.69. The fraction of sp³-hybridized carbons (Fsp3) is 0.286. The van der Waals surface area contributed by atoms with Gasteiger partial charge in [0.15, 0.2) is 17.4 Å². The summed E-state index contributed by atoms with van der Waals surface area (Å²) in [6.07, 6.45) is 0. The molecule has 1 aromatic carbocycles. The highest BCUT2D eigenvalue weighted by atomic mass is 32.1. The number of hydrogen-bond donors (Lipinski definition) is 1. The van der Waals surface area contributed by atoms with Gasteiger partial charge in [-0.1, -0.05) is 6.07 Å². The zero-order valence-electron chi connectivity index (χ0n) is 17.0. The molecule has 1 N–H and O–H groups in total. The molecule has 4 aromatic rings. The number of Topliss-reactive ketones (excluding diaryl/α,β-unsaturated/α-hetero) is 1. The SMILES string of the molecule is CC(=O)c1ccc(N2CCN(c3nc4nonc4nc3NCc3cccs3)CC2)cc1. The molecule has 10 heteroatoms. The topological polar surface area (TPSA) is 100 Å². The van der Waals surface area contributed by atoms with Crippen LogP contribution in [0.3, 0.4) is 0 Å². The molecule has 1 saturated heterocycles. The summed E-state index contributed by atoms with van der Waals surface area (Å²) in [4.78, 5) is 26.5. The second kappa shape index (κ2) is 8.31. The van der Waals surface area contributed by atoms with Crippen LogP contribution in [0.5, 0.6) is 0 Å². The molecule has 3 aromatic heterocycles. The molecule has 4 heterocycles. The van der Waals surface area contributed by atoms with E-state index in [0.717, 1.165) is 43.2 Å². The summed E-state index contributed by atoms with van der Waals surface area (Å²) in [7, 11) is 0. The van der Waals surface area contributed by atoms with Crippen molar-refractivity contribution in [2.24, 2.45) is 0 Å². The van der Waals surface area contributed by atoms with Crippen LogP contribution in [0.15, 0.2) is 46.4 Å². The number of hydrogen-bond acceptors (Lipinski definition) is 10. The van der Waals surface area contributed by atoms with Crippen molar-refractivity contribution in [1.82, 2.24) is 20.3 Å². The molecule has 9 nitrogen and oxygen atoms in total. The van der Waals surface area contributed by atoms with Gasteiger partial charge in [0.05, 0.1) is 6.54 Å². The molecule has 1 aliphatic rings. The standard InChI is InChI=1S/C21H21N7O2S/c1-14(29)15-4-6-16(7-5-15)27-8-10-28(11-9-27)21-20(22-13-17-3-2-12-31-17)23-18-19(24-21)26-30-25-18/h2-7,12H,8-11,13H2,1H3,(H,22,23,25). The van der Waals surface area contributed by atoms with Crippen LogP contribution in [0.4, 0.5) is 17.3 Å². The quantitative estimate of drug-likeness (QED) is 0.458. The molecule has 0 unspecified atom stereocenters. The van der Waals surface area contributed by atoms with E-state index in [-0.39, 0.29) is 5.78 Å². The highest BCUT2D eigenvalue weighted by Crippen LogP contribution is 2.27. The number of ketones is 1. The van der Waals surface area contributed by atoms with Gasteiger partial charge in [0.2, 0.25) is 11.3 Å². The Balaban J connectivity index is 1.33. The maximum absolute atomic E-state index is 11.5. The summed E-state index contributed by atoms with van der Waals surface area (Å²) in [5.74, 6) is 1.51. The first-order chi connectivity index (χ1) is 15.2. The summed E-state index contributed by atoms with van der Waals surface area (Å²) in [5.41, 5.74) is 2.64. The minimum absolute atomic E-state index is 0.0789. The molecule has 5 rings (SSSR count). The number of thiophene rings is 1. The molecule has 1 aliphatic heterocycles. The van der Waals surface area contributed by atoms with Crippen LogP contribution in [-0.4, -0.2) is 52.2 Å². The lowest BCUT2D eigenvalue weighted by Gasteiger charge is -2.37. The van der Waals surface area contributed by atoms with E-state index >= 15 is 0 Å². The highest BCUT2D eigenvalue weighted by Gasteiger charge is 2.23. The monoisotopic (exact) mass is 435 g/mol. The van der Waals surface area contributed by atoms with E-state index < -0.39 is 0 Å². The number of benzene rings is 1. The van der Waals surface area contributed by atoms with E-state index in [0.29, 0.717) is 23.7 Å². The number of carbonyl (C=O) groups is 1. The molecule has 0 saturated carbocycles. The summed E-state index contributed by atoms with van der Waals surface area (Å²) in [6.45, 7) is 5.49. The lowest BCUT2D eigenvalue weighted by molar-refractivity contribution is 0.101. The number of nitrogens with zero attached hydrogens (tertiary/aromatic N) is 6. The first kappa shape index (κ1) is 19.4. The molecule has 158 valence electrons. The van der Waals surface area contributed by atoms with Crippen molar-refractivity contribution in [2.75, 3.05) is 41.3 Å². The molecule has 0 bridgehead atoms. The van der Waals surface area contributed by atoms with Crippen molar-refractivity contribution >= 4 is 45.7 Å². The van der Waals surface area contributed by atoms with Gasteiger partial charge in [-0.3, -0.25) is 4.79 Å². The Morgan fingerprint density at radius 2 is 1.74 bits per heavy atom. The smallest absolute Gasteiger partial charge is 0.245 e. The largest absolute Gasteiger partial charge is 0.368 e. The number of fused-ring (bicyclic) bond motifs is 1. The molecule has 0 amide bonds. The van der Waals surface area contributed by atoms with Crippen LogP contribution in [0.1, 0.15) is 22.2 Å². The highest BCUT2D eigenvalue weighted by molar-refractivity contribution is 7.09. The Labute approximate surface area is 182 Å². The van der Waals surface area contributed by atoms with E-state index in [1.54, 1.807) is 18.3 Å². The van der Waals surface area contributed by atoms with E-state index in [1.807, 2.05) is 30.3 Å². The zero-order chi connectivity index (χ0) is 21.2. The molecule has 0 spiro atoms. The van der Waals surface area contributed by atoms with Gasteiger partial charge >= 0.3 is 0 Å². The van der Waals surface area contributed by atoms with Crippen LogP contribution in [0.2, 0.25) is 0 Å². The van der Waals surface area contributed by atoms with Gasteiger partial charge in [0.25, 0.3) is 0 Å². The average Bonchev–Trinajstić information content (AvgIpc) is 3.49. The lowest BCUT2D eigenvalue weighted by atomic mass is 10.1. The van der Waals surface area contributed by atoms with E-state index in [1.165, 1.54) is 4.88 Å². The lowest BCUT2D eigenvalue weighted by Crippen LogP contribution is -2.47. The number of nitrogens with one attached hydrogen (secondary N) is 1. The van der Waals surface area contributed by atoms with Crippen molar-refractivity contribution in [3.05, 3.63) is 52.2 Å². The van der Waals surface area contributed by atoms with Crippen LogP contribution in [0, 0.1) is 0 Å². The maximum Gasteiger partial charge on any atom is 0.245 e. The Kier molecular flexibility index (Phi) is 5.21. The van der Waals surface area contributed by atoms with Crippen molar-refractivity contribution < 1.29 is 9.42 Å². The van der Waals surface area contributed by atoms with Crippen LogP contribution in [0.25, 0.3) is 11.3 Å². The fourth-order valence-corrected chi connectivity index (χ4v) is 4.28. The van der Waals surface area contributed by atoms with Gasteiger partial charge in [-0.15, -0.1) is 11.3 Å². The van der Waals surface area contributed by atoms with Gasteiger partial charge < -0.3 is 15.1 Å². The van der Waals surface area contributed by atoms with Crippen LogP contribution < -0.4 is 15.1 Å². The number of carbonyl (C=O) groups excluding carboxylic acids is 1. The van der Waals surface area contributed by atoms with Gasteiger partial charge in [0.1, 0.15) is 0 Å². The van der Waals surface area contributed by atoms with Crippen molar-refractivity contribution in [2.45, 2.75) is 13.5 Å². The van der Waals surface area contributed by atoms with Crippen LogP contribution in [-0.2, 0) is 6.54 Å². The second-order valence-corrected chi connectivity index (χ2v) is 8.35. The molecule has 31 heavy (non-hydrogen) atoms. The normalized spacial score (nSPS) is 14.2. The summed E-state index contributed by atoms with van der Waals surface area (Å²) < 4.78 is 4.81. The molecule has 0 atom stereocenters. The van der Waals surface area contributed by atoms with Gasteiger partial charge in [-0.2, -0.15) is 0 Å².